The third-order valence-electron chi connectivity index (χ3n) is 3.14. The Morgan fingerprint density at radius 2 is 2.00 bits per heavy atom. The number of thiophene rings is 1. The van der Waals surface area contributed by atoms with E-state index in [9.17, 15) is 0 Å². The summed E-state index contributed by atoms with van der Waals surface area (Å²) in [5.41, 5.74) is 1.22. The normalized spacial score (nSPS) is 10.9. The zero-order valence-electron chi connectivity index (χ0n) is 13.6. The van der Waals surface area contributed by atoms with Crippen molar-refractivity contribution >= 4 is 11.3 Å². The predicted molar refractivity (Wildman–Crippen MR) is 92.8 cm³/mol. The molecule has 0 saturated heterocycles. The second-order valence-corrected chi connectivity index (χ2v) is 6.64. The Balaban J connectivity index is 1.99. The first-order valence-corrected chi connectivity index (χ1v) is 8.68. The molecule has 1 N–H and O–H groups in total. The highest BCUT2D eigenvalue weighted by Crippen LogP contribution is 2.29. The fraction of sp³-hybridized carbons (Fsp3) is 0.444. The average molecular weight is 319 g/mol. The number of hydrogen-bond acceptors (Lipinski definition) is 4. The van der Waals surface area contributed by atoms with E-state index in [-0.39, 0.29) is 0 Å². The van der Waals surface area contributed by atoms with E-state index in [1.807, 2.05) is 19.1 Å². The molecule has 0 bridgehead atoms. The highest BCUT2D eigenvalue weighted by molar-refractivity contribution is 7.09. The minimum atomic E-state index is 0.586. The average Bonchev–Trinajstić information content (AvgIpc) is 3.00. The van der Waals surface area contributed by atoms with Gasteiger partial charge >= 0.3 is 0 Å². The van der Waals surface area contributed by atoms with E-state index in [4.69, 9.17) is 9.47 Å². The summed E-state index contributed by atoms with van der Waals surface area (Å²) in [6.07, 6.45) is 0. The third-order valence-corrected chi connectivity index (χ3v) is 3.99. The summed E-state index contributed by atoms with van der Waals surface area (Å²) in [6.45, 7) is 9.50. The molecule has 0 aliphatic heterocycles. The zero-order valence-corrected chi connectivity index (χ0v) is 14.4. The maximum atomic E-state index is 5.90. The molecule has 0 spiro atoms. The maximum Gasteiger partial charge on any atom is 0.161 e. The molecule has 0 amide bonds. The molecule has 0 radical (unpaired) electrons. The van der Waals surface area contributed by atoms with Gasteiger partial charge in [0.1, 0.15) is 6.61 Å². The van der Waals surface area contributed by atoms with Crippen LogP contribution in [0.25, 0.3) is 0 Å². The minimum Gasteiger partial charge on any atom is -0.490 e. The topological polar surface area (TPSA) is 30.5 Å². The molecule has 0 aliphatic carbocycles. The van der Waals surface area contributed by atoms with Gasteiger partial charge in [0.25, 0.3) is 0 Å². The molecule has 2 rings (SSSR count). The number of rotatable bonds is 9. The van der Waals surface area contributed by atoms with Gasteiger partial charge in [-0.3, -0.25) is 0 Å². The van der Waals surface area contributed by atoms with E-state index < -0.39 is 0 Å². The molecule has 4 heteroatoms. The monoisotopic (exact) mass is 319 g/mol. The van der Waals surface area contributed by atoms with Crippen molar-refractivity contribution in [2.24, 2.45) is 5.92 Å². The molecule has 0 aliphatic rings. The first-order chi connectivity index (χ1) is 10.7. The Labute approximate surface area is 137 Å². The van der Waals surface area contributed by atoms with Gasteiger partial charge < -0.3 is 14.8 Å². The molecule has 120 valence electrons. The lowest BCUT2D eigenvalue weighted by Crippen LogP contribution is -2.18. The summed E-state index contributed by atoms with van der Waals surface area (Å²) in [7, 11) is 0. The lowest BCUT2D eigenvalue weighted by atomic mass is 10.2. The van der Waals surface area contributed by atoms with Gasteiger partial charge in [0.05, 0.1) is 6.61 Å². The Bertz CT molecular complexity index is 552. The van der Waals surface area contributed by atoms with Crippen LogP contribution in [0.1, 0.15) is 31.2 Å². The minimum absolute atomic E-state index is 0.586. The molecule has 0 atom stereocenters. The molecule has 1 aromatic heterocycles. The molecule has 2 aromatic rings. The summed E-state index contributed by atoms with van der Waals surface area (Å²) in [5, 5.41) is 5.51. The second kappa shape index (κ2) is 8.81. The summed E-state index contributed by atoms with van der Waals surface area (Å²) in [6, 6.07) is 10.3. The van der Waals surface area contributed by atoms with Crippen LogP contribution in [0.4, 0.5) is 0 Å². The van der Waals surface area contributed by atoms with Crippen LogP contribution in [0.3, 0.4) is 0 Å². The molecule has 1 heterocycles. The number of nitrogens with one attached hydrogen (secondary N) is 1. The van der Waals surface area contributed by atoms with Gasteiger partial charge in [-0.25, -0.2) is 0 Å². The van der Waals surface area contributed by atoms with E-state index in [0.29, 0.717) is 19.1 Å². The van der Waals surface area contributed by atoms with Crippen LogP contribution in [0.15, 0.2) is 35.7 Å². The van der Waals surface area contributed by atoms with Crippen molar-refractivity contribution in [2.45, 2.75) is 33.9 Å². The summed E-state index contributed by atoms with van der Waals surface area (Å²) in [4.78, 5) is 1.21. The van der Waals surface area contributed by atoms with E-state index in [1.165, 1.54) is 10.4 Å². The van der Waals surface area contributed by atoms with Gasteiger partial charge in [-0.1, -0.05) is 26.0 Å². The van der Waals surface area contributed by atoms with Gasteiger partial charge in [-0.05, 0) is 48.5 Å². The van der Waals surface area contributed by atoms with Crippen LogP contribution >= 0.6 is 11.3 Å². The van der Waals surface area contributed by atoms with Crippen LogP contribution < -0.4 is 14.8 Å². The van der Waals surface area contributed by atoms with Crippen LogP contribution in [0.2, 0.25) is 0 Å². The second-order valence-electron chi connectivity index (χ2n) is 5.61. The van der Waals surface area contributed by atoms with Crippen molar-refractivity contribution in [3.05, 3.63) is 46.2 Å². The maximum absolute atomic E-state index is 5.90. The largest absolute Gasteiger partial charge is 0.490 e. The van der Waals surface area contributed by atoms with Crippen LogP contribution in [-0.4, -0.2) is 13.2 Å². The molecule has 0 saturated carbocycles. The van der Waals surface area contributed by atoms with Crippen molar-refractivity contribution in [2.75, 3.05) is 13.2 Å². The first kappa shape index (κ1) is 16.8. The van der Waals surface area contributed by atoms with Gasteiger partial charge in [0, 0.05) is 11.4 Å². The fourth-order valence-electron chi connectivity index (χ4n) is 2.10. The van der Waals surface area contributed by atoms with Crippen molar-refractivity contribution < 1.29 is 9.47 Å². The molecular formula is C18H25NO2S. The Morgan fingerprint density at radius 3 is 2.68 bits per heavy atom. The van der Waals surface area contributed by atoms with Crippen molar-refractivity contribution in [3.63, 3.8) is 0 Å². The highest BCUT2D eigenvalue weighted by atomic mass is 32.1. The van der Waals surface area contributed by atoms with E-state index in [1.54, 1.807) is 11.3 Å². The van der Waals surface area contributed by atoms with Crippen LogP contribution in [-0.2, 0) is 13.2 Å². The molecule has 0 unspecified atom stereocenters. The van der Waals surface area contributed by atoms with E-state index >= 15 is 0 Å². The van der Waals surface area contributed by atoms with Gasteiger partial charge in [-0.2, -0.15) is 0 Å². The summed E-state index contributed by atoms with van der Waals surface area (Å²) < 4.78 is 11.6. The Morgan fingerprint density at radius 1 is 1.14 bits per heavy atom. The molecule has 22 heavy (non-hydrogen) atoms. The van der Waals surface area contributed by atoms with Gasteiger partial charge in [0.15, 0.2) is 11.5 Å². The Hall–Kier alpha value is -1.52. The lowest BCUT2D eigenvalue weighted by molar-refractivity contribution is 0.271. The van der Waals surface area contributed by atoms with Crippen LogP contribution in [0, 0.1) is 5.92 Å². The highest BCUT2D eigenvalue weighted by Gasteiger charge is 2.07. The molecular weight excluding hydrogens is 294 g/mol. The molecule has 1 aromatic carbocycles. The Kier molecular flexibility index (Phi) is 6.74. The zero-order chi connectivity index (χ0) is 15.8. The fourth-order valence-corrected chi connectivity index (χ4v) is 2.71. The van der Waals surface area contributed by atoms with Crippen molar-refractivity contribution in [1.82, 2.24) is 5.32 Å². The SMILES string of the molecule is CCOc1cc(CNCC(C)C)ccc1OCc1cccs1. The first-order valence-electron chi connectivity index (χ1n) is 7.80. The lowest BCUT2D eigenvalue weighted by Gasteiger charge is -2.14. The number of ether oxygens (including phenoxy) is 2. The van der Waals surface area contributed by atoms with Crippen LogP contribution in [0.5, 0.6) is 11.5 Å². The third kappa shape index (κ3) is 5.35. The van der Waals surface area contributed by atoms with Crippen molar-refractivity contribution in [3.8, 4) is 11.5 Å². The van der Waals surface area contributed by atoms with E-state index in [2.05, 4.69) is 42.7 Å². The number of hydrogen-bond donors (Lipinski definition) is 1. The van der Waals surface area contributed by atoms with Gasteiger partial charge in [-0.15, -0.1) is 11.3 Å². The molecule has 0 fully saturated rings. The van der Waals surface area contributed by atoms with Crippen molar-refractivity contribution in [1.29, 1.82) is 0 Å². The standard InChI is InChI=1S/C18H25NO2S/c1-4-20-18-10-15(12-19-11-14(2)3)7-8-17(18)21-13-16-6-5-9-22-16/h5-10,14,19H,4,11-13H2,1-3H3. The summed E-state index contributed by atoms with van der Waals surface area (Å²) >= 11 is 1.70. The van der Waals surface area contributed by atoms with E-state index in [0.717, 1.165) is 24.6 Å². The quantitative estimate of drug-likeness (QED) is 0.739. The van der Waals surface area contributed by atoms with Gasteiger partial charge in [0.2, 0.25) is 0 Å². The smallest absolute Gasteiger partial charge is 0.161 e. The molecule has 3 nitrogen and oxygen atoms in total. The summed E-state index contributed by atoms with van der Waals surface area (Å²) in [5.74, 6) is 2.28. The predicted octanol–water partition coefficient (Wildman–Crippen LogP) is 4.47. The number of benzene rings is 1.